The van der Waals surface area contributed by atoms with E-state index in [1.807, 2.05) is 0 Å². The predicted octanol–water partition coefficient (Wildman–Crippen LogP) is 3.25. The van der Waals surface area contributed by atoms with Crippen molar-refractivity contribution >= 4 is 43.5 Å². The Hall–Kier alpha value is -3.27. The van der Waals surface area contributed by atoms with Gasteiger partial charge in [0.25, 0.3) is 5.91 Å². The lowest BCUT2D eigenvalue weighted by Gasteiger charge is -2.35. The van der Waals surface area contributed by atoms with Gasteiger partial charge in [0.05, 0.1) is 26.6 Å². The number of hydrogen-bond donors (Lipinski definition) is 3. The number of amides is 1. The molecule has 0 aliphatic carbocycles. The number of carbonyl (C=O) groups excluding carboxylic acids is 1. The van der Waals surface area contributed by atoms with Gasteiger partial charge in [0.2, 0.25) is 10.0 Å². The summed E-state index contributed by atoms with van der Waals surface area (Å²) in [6, 6.07) is 7.09. The molecule has 0 bridgehead atoms. The van der Waals surface area contributed by atoms with Gasteiger partial charge in [-0.1, -0.05) is 0 Å². The Balaban J connectivity index is 1.47. The zero-order valence-electron chi connectivity index (χ0n) is 18.8. The van der Waals surface area contributed by atoms with Crippen LogP contribution in [-0.2, 0) is 32.4 Å². The molecule has 15 heteroatoms. The van der Waals surface area contributed by atoms with E-state index in [0.717, 1.165) is 27.8 Å². The van der Waals surface area contributed by atoms with Gasteiger partial charge < -0.3 is 9.84 Å². The molecule has 1 fully saturated rings. The highest BCUT2D eigenvalue weighted by Gasteiger charge is 2.42. The maximum absolute atomic E-state index is 13.2. The number of aromatic nitrogens is 1. The van der Waals surface area contributed by atoms with E-state index >= 15 is 0 Å². The minimum absolute atomic E-state index is 0.00238. The van der Waals surface area contributed by atoms with Crippen LogP contribution in [0.5, 0.6) is 5.75 Å². The molecule has 10 nitrogen and oxygen atoms in total. The molecule has 0 saturated carbocycles. The average Bonchev–Trinajstić information content (AvgIpc) is 3.28. The van der Waals surface area contributed by atoms with Gasteiger partial charge >= 0.3 is 12.1 Å². The molecule has 2 aromatic carbocycles. The third-order valence-electron chi connectivity index (χ3n) is 5.87. The van der Waals surface area contributed by atoms with Crippen molar-refractivity contribution in [2.24, 2.45) is 5.92 Å². The van der Waals surface area contributed by atoms with E-state index < -0.39 is 45.6 Å². The molecule has 3 aromatic rings. The first-order chi connectivity index (χ1) is 17.4. The Morgan fingerprint density at radius 1 is 1.19 bits per heavy atom. The molecule has 1 aromatic heterocycles. The molecular formula is C22H20F3N3O7S2. The SMILES string of the molecule is O=C(O)C1CCN(S(=O)(=O)c2ccc(OCc3nc4cc(C(F)(F)F)ccc4s3)cc2)C(C(=O)NO)C1. The lowest BCUT2D eigenvalue weighted by Crippen LogP contribution is -2.53. The fourth-order valence-electron chi connectivity index (χ4n) is 3.97. The number of nitrogens with zero attached hydrogens (tertiary/aromatic N) is 2. The van der Waals surface area contributed by atoms with Crippen LogP contribution < -0.4 is 10.2 Å². The molecule has 2 atom stereocenters. The van der Waals surface area contributed by atoms with Crippen LogP contribution in [0, 0.1) is 5.92 Å². The van der Waals surface area contributed by atoms with Gasteiger partial charge in [-0.15, -0.1) is 11.3 Å². The van der Waals surface area contributed by atoms with Crippen LogP contribution in [0.4, 0.5) is 13.2 Å². The van der Waals surface area contributed by atoms with Crippen LogP contribution >= 0.6 is 11.3 Å². The molecule has 37 heavy (non-hydrogen) atoms. The smallest absolute Gasteiger partial charge is 0.416 e. The van der Waals surface area contributed by atoms with Gasteiger partial charge in [0, 0.05) is 6.54 Å². The minimum Gasteiger partial charge on any atom is -0.486 e. The highest BCUT2D eigenvalue weighted by Crippen LogP contribution is 2.33. The van der Waals surface area contributed by atoms with Gasteiger partial charge in [-0.3, -0.25) is 14.8 Å². The summed E-state index contributed by atoms with van der Waals surface area (Å²) in [4.78, 5) is 27.4. The number of carboxylic acid groups (broad SMARTS) is 1. The van der Waals surface area contributed by atoms with Crippen LogP contribution in [-0.4, -0.2) is 52.5 Å². The van der Waals surface area contributed by atoms with Gasteiger partial charge in [-0.2, -0.15) is 17.5 Å². The summed E-state index contributed by atoms with van der Waals surface area (Å²) in [5, 5.41) is 18.7. The first-order valence-electron chi connectivity index (χ1n) is 10.8. The monoisotopic (exact) mass is 559 g/mol. The van der Waals surface area contributed by atoms with E-state index in [1.54, 1.807) is 0 Å². The van der Waals surface area contributed by atoms with E-state index in [0.29, 0.717) is 9.71 Å². The Morgan fingerprint density at radius 3 is 2.51 bits per heavy atom. The Labute approximate surface area is 212 Å². The topological polar surface area (TPSA) is 146 Å². The van der Waals surface area contributed by atoms with Crippen LogP contribution in [0.15, 0.2) is 47.4 Å². The minimum atomic E-state index is -4.48. The van der Waals surface area contributed by atoms with E-state index in [-0.39, 0.29) is 42.2 Å². The molecule has 198 valence electrons. The fourth-order valence-corrected chi connectivity index (χ4v) is 6.44. The molecule has 2 heterocycles. The first kappa shape index (κ1) is 26.8. The number of alkyl halides is 3. The maximum atomic E-state index is 13.2. The summed E-state index contributed by atoms with van der Waals surface area (Å²) < 4.78 is 72.1. The van der Waals surface area contributed by atoms with Crippen molar-refractivity contribution in [1.29, 1.82) is 0 Å². The molecule has 1 aliphatic rings. The van der Waals surface area contributed by atoms with Crippen LogP contribution in [0.3, 0.4) is 0 Å². The molecule has 3 N–H and O–H groups in total. The quantitative estimate of drug-likeness (QED) is 0.295. The second kappa shape index (κ2) is 10.2. The maximum Gasteiger partial charge on any atom is 0.416 e. The zero-order valence-corrected chi connectivity index (χ0v) is 20.4. The molecule has 2 unspecified atom stereocenters. The number of rotatable bonds is 7. The summed E-state index contributed by atoms with van der Waals surface area (Å²) >= 11 is 1.16. The van der Waals surface area contributed by atoms with Gasteiger partial charge in [-0.05, 0) is 55.3 Å². The number of hydrogen-bond acceptors (Lipinski definition) is 8. The fraction of sp³-hybridized carbons (Fsp3) is 0.318. The molecule has 4 rings (SSSR count). The zero-order chi connectivity index (χ0) is 27.0. The van der Waals surface area contributed by atoms with Crippen LogP contribution in [0.2, 0.25) is 0 Å². The Morgan fingerprint density at radius 2 is 1.89 bits per heavy atom. The predicted molar refractivity (Wildman–Crippen MR) is 123 cm³/mol. The number of carbonyl (C=O) groups is 2. The van der Waals surface area contributed by atoms with E-state index in [9.17, 15) is 36.3 Å². The van der Waals surface area contributed by atoms with Crippen molar-refractivity contribution in [3.63, 3.8) is 0 Å². The Bertz CT molecular complexity index is 1430. The first-order valence-corrected chi connectivity index (χ1v) is 13.0. The molecule has 0 spiro atoms. The number of fused-ring (bicyclic) bond motifs is 1. The summed E-state index contributed by atoms with van der Waals surface area (Å²) in [6.45, 7) is -0.294. The van der Waals surface area contributed by atoms with E-state index in [2.05, 4.69) is 4.98 Å². The lowest BCUT2D eigenvalue weighted by molar-refractivity contribution is -0.145. The van der Waals surface area contributed by atoms with Crippen molar-refractivity contribution in [2.45, 2.75) is 36.6 Å². The molecule has 1 aliphatic heterocycles. The number of ether oxygens (including phenoxy) is 1. The van der Waals surface area contributed by atoms with Crippen molar-refractivity contribution in [1.82, 2.24) is 14.8 Å². The largest absolute Gasteiger partial charge is 0.486 e. The number of thiazole rings is 1. The molecule has 1 saturated heterocycles. The number of nitrogens with one attached hydrogen (secondary N) is 1. The highest BCUT2D eigenvalue weighted by atomic mass is 32.2. The number of aliphatic carboxylic acids is 1. The average molecular weight is 560 g/mol. The Kier molecular flexibility index (Phi) is 7.41. The second-order valence-electron chi connectivity index (χ2n) is 8.22. The number of sulfonamides is 1. The van der Waals surface area contributed by atoms with E-state index in [4.69, 9.17) is 9.94 Å². The summed E-state index contributed by atoms with van der Waals surface area (Å²) in [7, 11) is -4.22. The van der Waals surface area contributed by atoms with Gasteiger partial charge in [-0.25, -0.2) is 18.9 Å². The highest BCUT2D eigenvalue weighted by molar-refractivity contribution is 7.89. The molecule has 0 radical (unpaired) electrons. The van der Waals surface area contributed by atoms with Crippen LogP contribution in [0.25, 0.3) is 10.2 Å². The van der Waals surface area contributed by atoms with E-state index in [1.165, 1.54) is 35.8 Å². The van der Waals surface area contributed by atoms with Gasteiger partial charge in [0.15, 0.2) is 0 Å². The standard InChI is InChI=1S/C22H20F3N3O7S2/c23-22(24,25)13-1-6-18-16(10-13)26-19(36-18)11-35-14-2-4-15(5-3-14)37(33,34)28-8-7-12(21(30)31)9-17(28)20(29)27-32/h1-6,10,12,17,32H,7-9,11H2,(H,27,29)(H,30,31). The normalized spacial score (nSPS) is 19.0. The van der Waals surface area contributed by atoms with Gasteiger partial charge in [0.1, 0.15) is 23.4 Å². The van der Waals surface area contributed by atoms with Crippen molar-refractivity contribution < 1.29 is 46.2 Å². The molecular weight excluding hydrogens is 539 g/mol. The van der Waals surface area contributed by atoms with Crippen molar-refractivity contribution in [2.75, 3.05) is 6.54 Å². The van der Waals surface area contributed by atoms with Crippen molar-refractivity contribution in [3.05, 3.63) is 53.0 Å². The number of carboxylic acids is 1. The number of hydroxylamine groups is 1. The summed E-state index contributed by atoms with van der Waals surface area (Å²) in [6.07, 6.45) is -4.78. The molecule has 1 amide bonds. The lowest BCUT2D eigenvalue weighted by atomic mass is 9.92. The summed E-state index contributed by atoms with van der Waals surface area (Å²) in [5.74, 6) is -2.87. The second-order valence-corrected chi connectivity index (χ2v) is 11.2. The number of benzene rings is 2. The number of halogens is 3. The third kappa shape index (κ3) is 5.69. The third-order valence-corrected chi connectivity index (χ3v) is 8.80. The van der Waals surface area contributed by atoms with Crippen LogP contribution in [0.1, 0.15) is 23.4 Å². The summed E-state index contributed by atoms with van der Waals surface area (Å²) in [5.41, 5.74) is 0.773. The number of piperidine rings is 1. The van der Waals surface area contributed by atoms with Crippen molar-refractivity contribution in [3.8, 4) is 5.75 Å².